The number of aliphatic carboxylic acids is 1. The van der Waals surface area contributed by atoms with Crippen LogP contribution in [0.1, 0.15) is 145 Å². The molecule has 0 bridgehead atoms. The molecule has 530 valence electrons. The second-order valence-corrected chi connectivity index (χ2v) is 26.7. The van der Waals surface area contributed by atoms with Crippen molar-refractivity contribution in [3.8, 4) is 0 Å². The summed E-state index contributed by atoms with van der Waals surface area (Å²) in [5.74, 6) is -5.34. The van der Waals surface area contributed by atoms with E-state index >= 15 is 0 Å². The van der Waals surface area contributed by atoms with E-state index < -0.39 is 90.5 Å². The lowest BCUT2D eigenvalue weighted by Gasteiger charge is -2.41. The summed E-state index contributed by atoms with van der Waals surface area (Å²) in [4.78, 5) is 141. The molecule has 3 aliphatic rings. The number of primary amides is 1. The monoisotopic (exact) mass is 1330 g/mol. The van der Waals surface area contributed by atoms with E-state index in [0.29, 0.717) is 76.6 Å². The lowest BCUT2D eigenvalue weighted by molar-refractivity contribution is -0.146. The van der Waals surface area contributed by atoms with Crippen molar-refractivity contribution in [3.05, 3.63) is 83.6 Å². The quantitative estimate of drug-likeness (QED) is 0.0189. The lowest BCUT2D eigenvalue weighted by atomic mass is 9.89. The van der Waals surface area contributed by atoms with Crippen LogP contribution in [-0.4, -0.2) is 216 Å². The van der Waals surface area contributed by atoms with Gasteiger partial charge in [0, 0.05) is 78.1 Å². The van der Waals surface area contributed by atoms with Gasteiger partial charge >= 0.3 is 12.0 Å². The van der Waals surface area contributed by atoms with E-state index in [1.54, 1.807) is 50.7 Å². The molecule has 10 amide bonds. The molecule has 1 saturated heterocycles. The maximum atomic E-state index is 14.9. The summed E-state index contributed by atoms with van der Waals surface area (Å²) in [6.07, 6.45) is 12.6. The van der Waals surface area contributed by atoms with Crippen LogP contribution in [-0.2, 0) is 59.0 Å². The summed E-state index contributed by atoms with van der Waals surface area (Å²) in [5, 5.41) is 35.7. The first-order valence-corrected chi connectivity index (χ1v) is 33.8. The van der Waals surface area contributed by atoms with Gasteiger partial charge in [-0.25, -0.2) is 4.79 Å². The molecule has 1 aliphatic carbocycles. The van der Waals surface area contributed by atoms with Gasteiger partial charge in [-0.05, 0) is 121 Å². The van der Waals surface area contributed by atoms with Gasteiger partial charge in [0.05, 0.1) is 36.8 Å². The van der Waals surface area contributed by atoms with Gasteiger partial charge in [-0.15, -0.1) is 0 Å². The van der Waals surface area contributed by atoms with E-state index in [9.17, 15) is 58.2 Å². The van der Waals surface area contributed by atoms with Crippen molar-refractivity contribution in [2.45, 2.75) is 207 Å². The number of benzene rings is 1. The number of carboxylic acids is 1. The summed E-state index contributed by atoms with van der Waals surface area (Å²) < 4.78 is 12.1. The molecule has 25 nitrogen and oxygen atoms in total. The van der Waals surface area contributed by atoms with Crippen LogP contribution < -0.4 is 32.3 Å². The number of methoxy groups -OCH3 is 2. The normalized spacial score (nSPS) is 19.0. The largest absolute Gasteiger partial charge is 0.480 e. The van der Waals surface area contributed by atoms with Crippen LogP contribution in [0, 0.1) is 29.6 Å². The molecule has 0 spiro atoms. The number of nitrogens with two attached hydrogens (primary N) is 1. The van der Waals surface area contributed by atoms with E-state index in [1.807, 2.05) is 102 Å². The molecule has 0 saturated carbocycles. The van der Waals surface area contributed by atoms with Gasteiger partial charge in [-0.1, -0.05) is 115 Å². The van der Waals surface area contributed by atoms with Crippen LogP contribution in [0.5, 0.6) is 0 Å². The fourth-order valence-corrected chi connectivity index (χ4v) is 13.0. The van der Waals surface area contributed by atoms with Crippen molar-refractivity contribution in [2.24, 2.45) is 35.3 Å². The smallest absolute Gasteiger partial charge is 0.321 e. The van der Waals surface area contributed by atoms with Crippen LogP contribution in [0.25, 0.3) is 0 Å². The molecule has 13 atom stereocenters. The molecule has 95 heavy (non-hydrogen) atoms. The number of imide groups is 1. The number of amides is 10. The maximum Gasteiger partial charge on any atom is 0.321 e. The highest BCUT2D eigenvalue weighted by Crippen LogP contribution is 2.31. The second-order valence-electron chi connectivity index (χ2n) is 26.7. The number of ether oxygens (including phenoxy) is 2. The van der Waals surface area contributed by atoms with Gasteiger partial charge in [0.2, 0.25) is 35.4 Å². The molecule has 1 aromatic rings. The molecule has 4 unspecified atom stereocenters. The van der Waals surface area contributed by atoms with E-state index in [1.165, 1.54) is 31.3 Å². The van der Waals surface area contributed by atoms with Gasteiger partial charge in [0.1, 0.15) is 30.4 Å². The Bertz CT molecular complexity index is 2840. The van der Waals surface area contributed by atoms with Gasteiger partial charge in [0.25, 0.3) is 11.8 Å². The molecule has 2 aliphatic heterocycles. The van der Waals surface area contributed by atoms with Crippen molar-refractivity contribution < 1.29 is 67.6 Å². The third-order valence-electron chi connectivity index (χ3n) is 18.5. The van der Waals surface area contributed by atoms with Gasteiger partial charge in [-0.2, -0.15) is 0 Å². The number of likely N-dealkylation sites (tertiary alicyclic amines) is 1. The number of urea groups is 1. The Labute approximate surface area is 562 Å². The minimum Gasteiger partial charge on any atom is -0.480 e. The van der Waals surface area contributed by atoms with Crippen molar-refractivity contribution in [3.63, 3.8) is 0 Å². The van der Waals surface area contributed by atoms with Crippen LogP contribution in [0.15, 0.2) is 78.1 Å². The highest BCUT2D eigenvalue weighted by molar-refractivity contribution is 6.12. The number of nitrogens with one attached hydrogen (secondary N) is 5. The molecule has 9 N–H and O–H groups in total. The van der Waals surface area contributed by atoms with Crippen molar-refractivity contribution >= 4 is 59.3 Å². The van der Waals surface area contributed by atoms with E-state index in [-0.39, 0.29) is 97.9 Å². The summed E-state index contributed by atoms with van der Waals surface area (Å²) in [5.41, 5.74) is 7.50. The first kappa shape index (κ1) is 80.1. The van der Waals surface area contributed by atoms with Gasteiger partial charge in [0.15, 0.2) is 0 Å². The molecule has 0 aromatic heterocycles. The Balaban J connectivity index is 1.39. The van der Waals surface area contributed by atoms with Crippen molar-refractivity contribution in [1.29, 1.82) is 0 Å². The number of aliphatic hydroxyl groups excluding tert-OH is 1. The number of allylic oxidation sites excluding steroid dienone is 4. The number of nitrogens with zero attached hydrogens (tertiary/aromatic N) is 5. The Morgan fingerprint density at radius 2 is 1.49 bits per heavy atom. The fourth-order valence-electron chi connectivity index (χ4n) is 13.0. The van der Waals surface area contributed by atoms with Crippen LogP contribution in [0.3, 0.4) is 0 Å². The first-order valence-electron chi connectivity index (χ1n) is 33.8. The average molecular weight is 1330 g/mol. The Morgan fingerprint density at radius 3 is 2.06 bits per heavy atom. The second kappa shape index (κ2) is 39.7. The molecule has 2 heterocycles. The number of aliphatic hydroxyl groups is 1. The van der Waals surface area contributed by atoms with Gasteiger partial charge in [-0.3, -0.25) is 58.3 Å². The third-order valence-corrected chi connectivity index (χ3v) is 18.5. The Kier molecular flexibility index (Phi) is 33.4. The standard InChI is InChI=1S/C70H111N11O14/c1-15-46(8)62(55(94-13)42-59(85)80-38-23-27-54(80)63(95-14)47(9)64(86)75-53(69(91)92)41-49-24-18-16-19-25-49)79(12)68(90)52(40-43(2)3)74-66(88)61(45(6)7)77(10)39-35-48-29-31-50(32-30-48)78(11)67(89)51(26-22-36-72-70(71)93)73-65(87)60(44(4)5)76-56(82)28-20-17-21-37-81-57(83)33-34-58(81)84/h16,18-19,24-25,29,31-34,40,44-48,51-55,60-64,75,86H,15,17,20-23,26-28,30,35-39,41-42H2,1-14H3,(H,73,87)(H,74,88)(H,76,82)(H,91,92)(H3,71,72,93)/t46-,47+,48?,51?,52?,53-,54-,55+,60-,61-,62-,63+,64?/m0/s1. The maximum absolute atomic E-state index is 14.9. The number of carbonyl (C=O) groups excluding carboxylic acids is 9. The molecule has 4 rings (SSSR count). The SMILES string of the molecule is CC[C@H](C)[C@@H]([C@@H](CC(=O)N1CCC[C@H]1[C@H](OC)[C@@H](C)C(O)N[C@@H](Cc1ccccc1)C(=O)O)OC)N(C)C(=O)C(C=C(C)C)NC(=O)[C@H](C(C)C)N(C)CCC1C=CC(N(C)C(=O)C(CCCNC(N)=O)NC(=O)[C@@H](NC(=O)CCCCCN2C(=O)C=CC2=O)C(C)C)=CC1. The zero-order chi connectivity index (χ0) is 70.8. The number of carboxylic acid groups (broad SMARTS) is 1. The zero-order valence-electron chi connectivity index (χ0n) is 58.6. The topological polar surface area (TPSA) is 332 Å². The summed E-state index contributed by atoms with van der Waals surface area (Å²) in [7, 11) is 8.21. The predicted octanol–water partition coefficient (Wildman–Crippen LogP) is 4.79. The van der Waals surface area contributed by atoms with E-state index in [2.05, 4.69) is 26.6 Å². The first-order chi connectivity index (χ1) is 44.9. The molecule has 0 radical (unpaired) electrons. The Morgan fingerprint density at radius 1 is 0.821 bits per heavy atom. The van der Waals surface area contributed by atoms with Crippen molar-refractivity contribution in [1.82, 2.24) is 51.1 Å². The zero-order valence-corrected chi connectivity index (χ0v) is 58.6. The predicted molar refractivity (Wildman–Crippen MR) is 362 cm³/mol. The molecule has 1 aromatic carbocycles. The molecular formula is C70H111N11O14. The number of likely N-dealkylation sites (N-methyl/N-ethyl adjacent to an activating group) is 3. The fraction of sp³-hybridized carbons (Fsp3) is 0.657. The number of rotatable bonds is 41. The van der Waals surface area contributed by atoms with Crippen molar-refractivity contribution in [2.75, 3.05) is 61.5 Å². The number of unbranched alkanes of at least 4 members (excludes halogenated alkanes) is 2. The lowest BCUT2D eigenvalue weighted by Crippen LogP contribution is -2.58. The summed E-state index contributed by atoms with van der Waals surface area (Å²) >= 11 is 0. The van der Waals surface area contributed by atoms with Crippen LogP contribution in [0.4, 0.5) is 4.79 Å². The summed E-state index contributed by atoms with van der Waals surface area (Å²) in [6, 6.07) is 2.61. The Hall–Kier alpha value is -7.32. The molecule has 25 heteroatoms. The van der Waals surface area contributed by atoms with Crippen LogP contribution in [0.2, 0.25) is 0 Å². The minimum absolute atomic E-state index is 0.0364. The van der Waals surface area contributed by atoms with E-state index in [4.69, 9.17) is 15.2 Å². The number of hydrogen-bond donors (Lipinski definition) is 8. The van der Waals surface area contributed by atoms with Gasteiger partial charge < -0.3 is 61.4 Å². The molecule has 1 fully saturated rings. The van der Waals surface area contributed by atoms with E-state index in [0.717, 1.165) is 16.0 Å². The average Bonchev–Trinajstić information content (AvgIpc) is 1.82. The number of hydrogen-bond acceptors (Lipinski definition) is 15. The van der Waals surface area contributed by atoms with Crippen LogP contribution >= 0.6 is 0 Å². The summed E-state index contributed by atoms with van der Waals surface area (Å²) in [6.45, 7) is 18.3. The highest BCUT2D eigenvalue weighted by Gasteiger charge is 2.44. The minimum atomic E-state index is -1.28. The number of carbonyl (C=O) groups is 10. The molecular weight excluding hydrogens is 1220 g/mol. The third kappa shape index (κ3) is 24.4. The highest BCUT2D eigenvalue weighted by atomic mass is 16.5.